The topological polar surface area (TPSA) is 107 Å². The Morgan fingerprint density at radius 2 is 2.16 bits per heavy atom. The molecule has 3 N–H and O–H groups in total. The molecule has 0 aromatic carbocycles. The van der Waals surface area contributed by atoms with Crippen LogP contribution in [0.1, 0.15) is 38.6 Å². The first kappa shape index (κ1) is 21.4. The third kappa shape index (κ3) is 4.46. The summed E-state index contributed by atoms with van der Waals surface area (Å²) in [6.45, 7) is 9.90. The number of rotatable bonds is 9. The number of nitrogens with one attached hydrogen (secondary N) is 2. The number of aliphatic hydroxyl groups is 1. The smallest absolute Gasteiger partial charge is 0.180 e. The highest BCUT2D eigenvalue weighted by atomic mass is 32.1. The Balaban J connectivity index is 1.59. The molecule has 4 aromatic heterocycles. The van der Waals surface area contributed by atoms with Gasteiger partial charge in [-0.25, -0.2) is 9.97 Å². The quantitative estimate of drug-likeness (QED) is 0.365. The lowest BCUT2D eigenvalue weighted by Gasteiger charge is -2.36. The summed E-state index contributed by atoms with van der Waals surface area (Å²) in [4.78, 5) is 11.5. The molecule has 31 heavy (non-hydrogen) atoms. The van der Waals surface area contributed by atoms with Crippen LogP contribution in [0.15, 0.2) is 30.9 Å². The summed E-state index contributed by atoms with van der Waals surface area (Å²) in [6.07, 6.45) is 8.43. The van der Waals surface area contributed by atoms with Crippen LogP contribution < -0.4 is 5.32 Å². The predicted molar refractivity (Wildman–Crippen MR) is 123 cm³/mol. The van der Waals surface area contributed by atoms with E-state index in [0.29, 0.717) is 12.4 Å². The molecule has 0 aliphatic rings. The van der Waals surface area contributed by atoms with Gasteiger partial charge in [0, 0.05) is 30.0 Å². The maximum atomic E-state index is 9.77. The molecule has 164 valence electrons. The van der Waals surface area contributed by atoms with Crippen LogP contribution in [-0.4, -0.2) is 57.6 Å². The van der Waals surface area contributed by atoms with Crippen molar-refractivity contribution < 1.29 is 5.11 Å². The van der Waals surface area contributed by atoms with Crippen LogP contribution >= 0.6 is 11.5 Å². The first-order chi connectivity index (χ1) is 14.9. The number of nitrogens with zero attached hydrogens (tertiary/aromatic N) is 6. The van der Waals surface area contributed by atoms with Crippen molar-refractivity contribution in [2.45, 2.75) is 46.2 Å². The molecule has 0 aliphatic carbocycles. The number of fused-ring (bicyclic) bond motifs is 1. The highest BCUT2D eigenvalue weighted by Crippen LogP contribution is 2.28. The fraction of sp³-hybridized carbons (Fsp3) is 0.429. The van der Waals surface area contributed by atoms with E-state index in [9.17, 15) is 5.11 Å². The fourth-order valence-electron chi connectivity index (χ4n) is 3.52. The Morgan fingerprint density at radius 1 is 1.32 bits per heavy atom. The Labute approximate surface area is 185 Å². The van der Waals surface area contributed by atoms with Crippen molar-refractivity contribution in [3.05, 3.63) is 42.2 Å². The molecule has 0 fully saturated rings. The molecule has 9 nitrogen and oxygen atoms in total. The van der Waals surface area contributed by atoms with E-state index in [1.807, 2.05) is 36.0 Å². The number of aliphatic hydroxyl groups excluding tert-OH is 1. The summed E-state index contributed by atoms with van der Waals surface area (Å²) in [5.74, 6) is 0.686. The number of hydrogen-bond acceptors (Lipinski definition) is 8. The Kier molecular flexibility index (Phi) is 6.03. The van der Waals surface area contributed by atoms with Crippen molar-refractivity contribution in [1.82, 2.24) is 33.8 Å². The van der Waals surface area contributed by atoms with Gasteiger partial charge in [0.05, 0.1) is 36.1 Å². The van der Waals surface area contributed by atoms with Crippen molar-refractivity contribution in [3.63, 3.8) is 0 Å². The van der Waals surface area contributed by atoms with Crippen LogP contribution in [0.25, 0.3) is 16.9 Å². The molecule has 0 radical (unpaired) electrons. The summed E-state index contributed by atoms with van der Waals surface area (Å²) in [5.41, 5.74) is 4.20. The summed E-state index contributed by atoms with van der Waals surface area (Å²) >= 11 is 1.40. The highest BCUT2D eigenvalue weighted by molar-refractivity contribution is 7.10. The molecular weight excluding hydrogens is 412 g/mol. The number of aryl methyl sites for hydroxylation is 1. The SMILES string of the molecule is CCCN(Cc1cc(Nc2nc(C)cn3c(-c4cn[nH]c4)cnc23)sn1)C(C)(C)CO. The fourth-order valence-corrected chi connectivity index (χ4v) is 4.18. The van der Waals surface area contributed by atoms with Crippen molar-refractivity contribution in [2.24, 2.45) is 0 Å². The standard InChI is InChI=1S/C21H28N8OS/c1-5-6-28(21(3,4)13-30)12-16-7-18(31-27-16)26-19-20-22-10-17(15-8-23-24-9-15)29(20)11-14(2)25-19/h7-11,30H,5-6,12-13H2,1-4H3,(H,23,24)(H,25,26). The second-order valence-corrected chi connectivity index (χ2v) is 9.06. The van der Waals surface area contributed by atoms with E-state index in [4.69, 9.17) is 0 Å². The first-order valence-corrected chi connectivity index (χ1v) is 11.1. The molecule has 0 spiro atoms. The Bertz CT molecular complexity index is 1150. The van der Waals surface area contributed by atoms with Gasteiger partial charge in [0.25, 0.3) is 0 Å². The number of H-pyrrole nitrogens is 1. The van der Waals surface area contributed by atoms with Crippen LogP contribution in [0.2, 0.25) is 0 Å². The van der Waals surface area contributed by atoms with Gasteiger partial charge in [-0.15, -0.1) is 0 Å². The Hall–Kier alpha value is -2.82. The minimum Gasteiger partial charge on any atom is -0.394 e. The minimum atomic E-state index is -0.295. The third-order valence-electron chi connectivity index (χ3n) is 5.30. The summed E-state index contributed by atoms with van der Waals surface area (Å²) in [7, 11) is 0. The molecule has 0 saturated carbocycles. The molecule has 0 amide bonds. The summed E-state index contributed by atoms with van der Waals surface area (Å²) < 4.78 is 6.64. The zero-order valence-electron chi connectivity index (χ0n) is 18.3. The van der Waals surface area contributed by atoms with Crippen LogP contribution in [0.5, 0.6) is 0 Å². The molecule has 0 unspecified atom stereocenters. The third-order valence-corrected chi connectivity index (χ3v) is 6.04. The number of aromatic nitrogens is 6. The van der Waals surface area contributed by atoms with Gasteiger partial charge in [-0.05, 0) is 51.3 Å². The number of hydrogen-bond donors (Lipinski definition) is 3. The number of imidazole rings is 1. The van der Waals surface area contributed by atoms with Gasteiger partial charge in [-0.2, -0.15) is 9.47 Å². The zero-order valence-corrected chi connectivity index (χ0v) is 19.1. The summed E-state index contributed by atoms with van der Waals surface area (Å²) in [5, 5.41) is 21.0. The van der Waals surface area contributed by atoms with E-state index < -0.39 is 0 Å². The maximum Gasteiger partial charge on any atom is 0.180 e. The average Bonchev–Trinajstić information content (AvgIpc) is 3.48. The molecule has 0 atom stereocenters. The summed E-state index contributed by atoms with van der Waals surface area (Å²) in [6, 6.07) is 2.04. The molecule has 4 heterocycles. The molecule has 0 aliphatic heterocycles. The lowest BCUT2D eigenvalue weighted by atomic mass is 10.0. The first-order valence-electron chi connectivity index (χ1n) is 10.3. The van der Waals surface area contributed by atoms with Gasteiger partial charge in [-0.3, -0.25) is 14.4 Å². The van der Waals surface area contributed by atoms with E-state index in [1.54, 1.807) is 6.20 Å². The number of anilines is 2. The van der Waals surface area contributed by atoms with E-state index in [2.05, 4.69) is 55.5 Å². The van der Waals surface area contributed by atoms with Crippen molar-refractivity contribution in [3.8, 4) is 11.3 Å². The monoisotopic (exact) mass is 440 g/mol. The molecule has 0 bridgehead atoms. The van der Waals surface area contributed by atoms with Crippen LogP contribution in [-0.2, 0) is 6.54 Å². The normalized spacial score (nSPS) is 12.2. The molecule has 4 rings (SSSR count). The minimum absolute atomic E-state index is 0.103. The van der Waals surface area contributed by atoms with Gasteiger partial charge in [0.1, 0.15) is 5.00 Å². The van der Waals surface area contributed by atoms with Crippen molar-refractivity contribution in [2.75, 3.05) is 18.5 Å². The average molecular weight is 441 g/mol. The van der Waals surface area contributed by atoms with Gasteiger partial charge >= 0.3 is 0 Å². The van der Waals surface area contributed by atoms with Gasteiger partial charge in [0.2, 0.25) is 0 Å². The molecule has 4 aromatic rings. The Morgan fingerprint density at radius 3 is 2.87 bits per heavy atom. The van der Waals surface area contributed by atoms with Crippen LogP contribution in [0.4, 0.5) is 10.8 Å². The van der Waals surface area contributed by atoms with Crippen molar-refractivity contribution in [1.29, 1.82) is 0 Å². The van der Waals surface area contributed by atoms with Crippen LogP contribution in [0.3, 0.4) is 0 Å². The van der Waals surface area contributed by atoms with Crippen molar-refractivity contribution >= 4 is 28.0 Å². The number of aromatic amines is 1. The molecule has 10 heteroatoms. The van der Waals surface area contributed by atoms with Gasteiger partial charge in [0.15, 0.2) is 11.5 Å². The van der Waals surface area contributed by atoms with E-state index in [1.165, 1.54) is 11.5 Å². The lowest BCUT2D eigenvalue weighted by Crippen LogP contribution is -2.46. The van der Waals surface area contributed by atoms with E-state index in [-0.39, 0.29) is 12.1 Å². The van der Waals surface area contributed by atoms with E-state index >= 15 is 0 Å². The second kappa shape index (κ2) is 8.74. The van der Waals surface area contributed by atoms with Gasteiger partial charge < -0.3 is 10.4 Å². The van der Waals surface area contributed by atoms with Gasteiger partial charge in [-0.1, -0.05) is 6.92 Å². The second-order valence-electron chi connectivity index (χ2n) is 8.25. The largest absolute Gasteiger partial charge is 0.394 e. The lowest BCUT2D eigenvalue weighted by molar-refractivity contribution is 0.0499. The zero-order chi connectivity index (χ0) is 22.0. The molecular formula is C21H28N8OS. The van der Waals surface area contributed by atoms with E-state index in [0.717, 1.165) is 46.3 Å². The highest BCUT2D eigenvalue weighted by Gasteiger charge is 2.26. The van der Waals surface area contributed by atoms with Crippen LogP contribution in [0, 0.1) is 6.92 Å². The molecule has 0 saturated heterocycles. The maximum absolute atomic E-state index is 9.77. The predicted octanol–water partition coefficient (Wildman–Crippen LogP) is 3.61.